The topological polar surface area (TPSA) is 69.7 Å². The Morgan fingerprint density at radius 2 is 1.78 bits per heavy atom. The molecule has 0 aromatic heterocycles. The highest BCUT2D eigenvalue weighted by molar-refractivity contribution is 6.21. The van der Waals surface area contributed by atoms with Crippen molar-refractivity contribution in [2.24, 2.45) is 0 Å². The lowest BCUT2D eigenvalue weighted by Gasteiger charge is -2.26. The number of rotatable bonds is 3. The molecule has 2 aliphatic rings. The number of hydrogen-bond donors (Lipinski definition) is 1. The minimum absolute atomic E-state index is 0.00208. The van der Waals surface area contributed by atoms with Crippen LogP contribution in [0.3, 0.4) is 0 Å². The van der Waals surface area contributed by atoms with E-state index >= 15 is 0 Å². The van der Waals surface area contributed by atoms with Crippen LogP contribution in [-0.2, 0) is 4.79 Å². The molecule has 2 heterocycles. The summed E-state index contributed by atoms with van der Waals surface area (Å²) in [6, 6.07) is 6.36. The second-order valence-corrected chi connectivity index (χ2v) is 6.06. The van der Waals surface area contributed by atoms with Gasteiger partial charge < -0.3 is 10.2 Å². The van der Waals surface area contributed by atoms with Gasteiger partial charge in [-0.05, 0) is 32.0 Å². The van der Waals surface area contributed by atoms with Crippen molar-refractivity contribution in [2.45, 2.75) is 25.8 Å². The molecule has 0 radical (unpaired) electrons. The van der Waals surface area contributed by atoms with E-state index in [0.29, 0.717) is 17.7 Å². The third kappa shape index (κ3) is 2.99. The Kier molecular flexibility index (Phi) is 4.43. The number of amides is 3. The molecule has 122 valence electrons. The van der Waals surface area contributed by atoms with Crippen LogP contribution in [0.15, 0.2) is 24.3 Å². The fourth-order valence-electron chi connectivity index (χ4n) is 3.18. The Morgan fingerprint density at radius 1 is 1.13 bits per heavy atom. The molecule has 2 aliphatic heterocycles. The van der Waals surface area contributed by atoms with Gasteiger partial charge in [-0.1, -0.05) is 12.1 Å². The summed E-state index contributed by atoms with van der Waals surface area (Å²) in [6.45, 7) is 4.86. The average molecular weight is 315 g/mol. The fraction of sp³-hybridized carbons (Fsp3) is 0.471. The fourth-order valence-corrected chi connectivity index (χ4v) is 3.18. The first-order valence-corrected chi connectivity index (χ1v) is 8.05. The maximum absolute atomic E-state index is 12.5. The Bertz CT molecular complexity index is 601. The Hall–Kier alpha value is -2.21. The lowest BCUT2D eigenvalue weighted by molar-refractivity contribution is -0.131. The van der Waals surface area contributed by atoms with Crippen LogP contribution in [0.4, 0.5) is 0 Å². The van der Waals surface area contributed by atoms with Gasteiger partial charge in [-0.25, -0.2) is 0 Å². The molecule has 0 aliphatic carbocycles. The SMILES string of the molecule is CC(CC(=O)N1CCCNCC1)N1C(=O)c2ccccc2C1=O. The maximum atomic E-state index is 12.5. The molecule has 1 aromatic rings. The van der Waals surface area contributed by atoms with Gasteiger partial charge in [-0.2, -0.15) is 0 Å². The number of carbonyl (C=O) groups is 3. The largest absolute Gasteiger partial charge is 0.341 e. The lowest BCUT2D eigenvalue weighted by atomic mass is 10.1. The molecule has 6 nitrogen and oxygen atoms in total. The summed E-state index contributed by atoms with van der Waals surface area (Å²) < 4.78 is 0. The molecule has 6 heteroatoms. The van der Waals surface area contributed by atoms with Gasteiger partial charge in [0.25, 0.3) is 11.8 Å². The molecule has 1 unspecified atom stereocenters. The molecule has 3 amide bonds. The second-order valence-electron chi connectivity index (χ2n) is 6.06. The van der Waals surface area contributed by atoms with E-state index < -0.39 is 6.04 Å². The van der Waals surface area contributed by atoms with Crippen molar-refractivity contribution in [3.05, 3.63) is 35.4 Å². The van der Waals surface area contributed by atoms with Crippen LogP contribution in [0.5, 0.6) is 0 Å². The van der Waals surface area contributed by atoms with Crippen molar-refractivity contribution in [1.29, 1.82) is 0 Å². The molecule has 1 N–H and O–H groups in total. The van der Waals surface area contributed by atoms with Gasteiger partial charge in [0.05, 0.1) is 11.1 Å². The van der Waals surface area contributed by atoms with Crippen molar-refractivity contribution in [3.8, 4) is 0 Å². The Morgan fingerprint density at radius 3 is 2.43 bits per heavy atom. The van der Waals surface area contributed by atoms with E-state index in [0.717, 1.165) is 26.1 Å². The molecule has 0 saturated carbocycles. The highest BCUT2D eigenvalue weighted by Gasteiger charge is 2.39. The first-order valence-electron chi connectivity index (χ1n) is 8.05. The van der Waals surface area contributed by atoms with Crippen LogP contribution in [-0.4, -0.2) is 59.7 Å². The van der Waals surface area contributed by atoms with Crippen LogP contribution in [0.2, 0.25) is 0 Å². The molecule has 23 heavy (non-hydrogen) atoms. The van der Waals surface area contributed by atoms with Gasteiger partial charge in [-0.15, -0.1) is 0 Å². The predicted octanol–water partition coefficient (Wildman–Crippen LogP) is 0.883. The molecule has 1 saturated heterocycles. The number of nitrogens with one attached hydrogen (secondary N) is 1. The monoisotopic (exact) mass is 315 g/mol. The maximum Gasteiger partial charge on any atom is 0.261 e. The molecule has 3 rings (SSSR count). The van der Waals surface area contributed by atoms with Crippen molar-refractivity contribution in [1.82, 2.24) is 15.1 Å². The first kappa shape index (κ1) is 15.7. The van der Waals surface area contributed by atoms with Gasteiger partial charge in [0.1, 0.15) is 0 Å². The van der Waals surface area contributed by atoms with E-state index in [1.54, 1.807) is 31.2 Å². The van der Waals surface area contributed by atoms with Crippen molar-refractivity contribution >= 4 is 17.7 Å². The number of imide groups is 1. The van der Waals surface area contributed by atoms with E-state index in [4.69, 9.17) is 0 Å². The molecule has 0 bridgehead atoms. The van der Waals surface area contributed by atoms with Crippen LogP contribution < -0.4 is 5.32 Å². The molecular weight excluding hydrogens is 294 g/mol. The Labute approximate surface area is 135 Å². The molecule has 1 atom stereocenters. The van der Waals surface area contributed by atoms with Gasteiger partial charge in [0.15, 0.2) is 0 Å². The Balaban J connectivity index is 1.69. The summed E-state index contributed by atoms with van der Waals surface area (Å²) in [4.78, 5) is 40.4. The highest BCUT2D eigenvalue weighted by Crippen LogP contribution is 2.25. The van der Waals surface area contributed by atoms with E-state index in [2.05, 4.69) is 5.32 Å². The molecule has 0 spiro atoms. The third-order valence-corrected chi connectivity index (χ3v) is 4.43. The number of benzene rings is 1. The van der Waals surface area contributed by atoms with Crippen molar-refractivity contribution < 1.29 is 14.4 Å². The minimum atomic E-state index is -0.439. The normalized spacial score (nSPS) is 19.5. The summed E-state index contributed by atoms with van der Waals surface area (Å²) in [5.41, 5.74) is 0.853. The van der Waals surface area contributed by atoms with Crippen LogP contribution >= 0.6 is 0 Å². The van der Waals surface area contributed by atoms with E-state index in [1.165, 1.54) is 4.90 Å². The lowest BCUT2D eigenvalue weighted by Crippen LogP contribution is -2.43. The van der Waals surface area contributed by atoms with E-state index in [-0.39, 0.29) is 24.1 Å². The standard InChI is InChI=1S/C17H21N3O3/c1-12(11-15(21)19-9-4-7-18-8-10-19)20-16(22)13-5-2-3-6-14(13)17(20)23/h2-3,5-6,12,18H,4,7-11H2,1H3. The third-order valence-electron chi connectivity index (χ3n) is 4.43. The minimum Gasteiger partial charge on any atom is -0.341 e. The first-order chi connectivity index (χ1) is 11.1. The van der Waals surface area contributed by atoms with Gasteiger partial charge in [-0.3, -0.25) is 19.3 Å². The van der Waals surface area contributed by atoms with Crippen molar-refractivity contribution in [2.75, 3.05) is 26.2 Å². The van der Waals surface area contributed by atoms with Gasteiger partial charge >= 0.3 is 0 Å². The van der Waals surface area contributed by atoms with E-state index in [9.17, 15) is 14.4 Å². The van der Waals surface area contributed by atoms with Gasteiger partial charge in [0, 0.05) is 32.1 Å². The summed E-state index contributed by atoms with van der Waals surface area (Å²) in [5.74, 6) is -0.607. The van der Waals surface area contributed by atoms with Crippen LogP contribution in [0.1, 0.15) is 40.5 Å². The zero-order chi connectivity index (χ0) is 16.4. The van der Waals surface area contributed by atoms with Gasteiger partial charge in [0.2, 0.25) is 5.91 Å². The average Bonchev–Trinajstić information content (AvgIpc) is 2.75. The number of hydrogen-bond acceptors (Lipinski definition) is 4. The quantitative estimate of drug-likeness (QED) is 0.841. The zero-order valence-corrected chi connectivity index (χ0v) is 13.2. The summed E-state index contributed by atoms with van der Waals surface area (Å²) in [5, 5.41) is 3.25. The van der Waals surface area contributed by atoms with Crippen LogP contribution in [0.25, 0.3) is 0 Å². The summed E-state index contributed by atoms with van der Waals surface area (Å²) >= 11 is 0. The second kappa shape index (κ2) is 6.50. The number of carbonyl (C=O) groups excluding carboxylic acids is 3. The molecule has 1 aromatic carbocycles. The summed E-state index contributed by atoms with van der Waals surface area (Å²) in [7, 11) is 0. The number of fused-ring (bicyclic) bond motifs is 1. The highest BCUT2D eigenvalue weighted by atomic mass is 16.2. The number of nitrogens with zero attached hydrogens (tertiary/aromatic N) is 2. The van der Waals surface area contributed by atoms with E-state index in [1.807, 2.05) is 4.90 Å². The zero-order valence-electron chi connectivity index (χ0n) is 13.2. The van der Waals surface area contributed by atoms with Crippen molar-refractivity contribution in [3.63, 3.8) is 0 Å². The molecule has 1 fully saturated rings. The smallest absolute Gasteiger partial charge is 0.261 e. The molecular formula is C17H21N3O3. The summed E-state index contributed by atoms with van der Waals surface area (Å²) in [6.07, 6.45) is 1.10. The predicted molar refractivity (Wildman–Crippen MR) is 85.1 cm³/mol. The van der Waals surface area contributed by atoms with Crippen LogP contribution in [0, 0.1) is 0 Å².